The Morgan fingerprint density at radius 1 is 1.26 bits per heavy atom. The Morgan fingerprint density at radius 3 is 2.26 bits per heavy atom. The van der Waals surface area contributed by atoms with Crippen LogP contribution in [0.5, 0.6) is 0 Å². The summed E-state index contributed by atoms with van der Waals surface area (Å²) in [4.78, 5) is 22.5. The number of ether oxygens (including phenoxy) is 2. The summed E-state index contributed by atoms with van der Waals surface area (Å²) in [5.74, 6) is -2.28. The van der Waals surface area contributed by atoms with Crippen molar-refractivity contribution in [2.45, 2.75) is 32.9 Å². The highest BCUT2D eigenvalue weighted by Gasteiger charge is 2.42. The SMILES string of the molecule is CCOC(=O)C(C)(CCCOCC(F)(F)F)C(=O)O. The molecule has 112 valence electrons. The van der Waals surface area contributed by atoms with Crippen molar-refractivity contribution in [3.63, 3.8) is 0 Å². The van der Waals surface area contributed by atoms with Crippen LogP contribution in [-0.2, 0) is 19.1 Å². The van der Waals surface area contributed by atoms with Gasteiger partial charge in [0.2, 0.25) is 0 Å². The Bertz CT molecular complexity index is 316. The quantitative estimate of drug-likeness (QED) is 0.420. The molecule has 0 saturated heterocycles. The van der Waals surface area contributed by atoms with Crippen molar-refractivity contribution in [1.82, 2.24) is 0 Å². The maximum atomic E-state index is 11.8. The topological polar surface area (TPSA) is 72.8 Å². The molecule has 0 aliphatic heterocycles. The molecule has 0 radical (unpaired) electrons. The van der Waals surface area contributed by atoms with Crippen molar-refractivity contribution >= 4 is 11.9 Å². The number of hydrogen-bond acceptors (Lipinski definition) is 4. The van der Waals surface area contributed by atoms with Crippen LogP contribution in [0.3, 0.4) is 0 Å². The Hall–Kier alpha value is -1.31. The molecular formula is C11H17F3O5. The van der Waals surface area contributed by atoms with E-state index in [4.69, 9.17) is 5.11 Å². The lowest BCUT2D eigenvalue weighted by atomic mass is 9.85. The van der Waals surface area contributed by atoms with E-state index < -0.39 is 30.1 Å². The zero-order valence-corrected chi connectivity index (χ0v) is 10.7. The van der Waals surface area contributed by atoms with E-state index in [-0.39, 0.29) is 26.1 Å². The molecule has 8 heteroatoms. The fourth-order valence-electron chi connectivity index (χ4n) is 1.30. The largest absolute Gasteiger partial charge is 0.480 e. The van der Waals surface area contributed by atoms with E-state index in [2.05, 4.69) is 9.47 Å². The van der Waals surface area contributed by atoms with Gasteiger partial charge in [0.05, 0.1) is 6.61 Å². The molecule has 0 spiro atoms. The molecule has 0 heterocycles. The summed E-state index contributed by atoms with van der Waals surface area (Å²) < 4.78 is 44.3. The normalized spacial score (nSPS) is 14.8. The second-order valence-corrected chi connectivity index (χ2v) is 4.13. The molecule has 0 aliphatic carbocycles. The molecule has 1 unspecified atom stereocenters. The van der Waals surface area contributed by atoms with Crippen LogP contribution in [0.4, 0.5) is 13.2 Å². The van der Waals surface area contributed by atoms with Crippen LogP contribution in [-0.4, -0.2) is 43.0 Å². The number of alkyl halides is 3. The zero-order chi connectivity index (χ0) is 15.1. The van der Waals surface area contributed by atoms with Crippen molar-refractivity contribution in [2.24, 2.45) is 5.41 Å². The summed E-state index contributed by atoms with van der Waals surface area (Å²) in [6.07, 6.45) is -4.56. The number of carbonyl (C=O) groups excluding carboxylic acids is 1. The van der Waals surface area contributed by atoms with Gasteiger partial charge in [0, 0.05) is 6.61 Å². The number of carboxylic acids is 1. The van der Waals surface area contributed by atoms with E-state index in [9.17, 15) is 22.8 Å². The highest BCUT2D eigenvalue weighted by Crippen LogP contribution is 2.26. The predicted octanol–water partition coefficient (Wildman–Crippen LogP) is 2.00. The highest BCUT2D eigenvalue weighted by molar-refractivity contribution is 5.98. The summed E-state index contributed by atoms with van der Waals surface area (Å²) in [5, 5.41) is 8.99. The van der Waals surface area contributed by atoms with Gasteiger partial charge in [-0.25, -0.2) is 0 Å². The summed E-state index contributed by atoms with van der Waals surface area (Å²) in [7, 11) is 0. The number of halogens is 3. The molecule has 5 nitrogen and oxygen atoms in total. The first-order valence-corrected chi connectivity index (χ1v) is 5.68. The molecule has 0 aromatic carbocycles. The second-order valence-electron chi connectivity index (χ2n) is 4.13. The van der Waals surface area contributed by atoms with Crippen LogP contribution in [0.25, 0.3) is 0 Å². The second kappa shape index (κ2) is 7.32. The van der Waals surface area contributed by atoms with Gasteiger partial charge in [0.25, 0.3) is 0 Å². The van der Waals surface area contributed by atoms with Crippen LogP contribution >= 0.6 is 0 Å². The molecule has 0 rings (SSSR count). The minimum Gasteiger partial charge on any atom is -0.480 e. The summed E-state index contributed by atoms with van der Waals surface area (Å²) in [6, 6.07) is 0. The average Bonchev–Trinajstić information content (AvgIpc) is 2.26. The van der Waals surface area contributed by atoms with Crippen LogP contribution in [0, 0.1) is 5.41 Å². The van der Waals surface area contributed by atoms with Crippen LogP contribution in [0.15, 0.2) is 0 Å². The Kier molecular flexibility index (Phi) is 6.82. The number of esters is 1. The highest BCUT2D eigenvalue weighted by atomic mass is 19.4. The predicted molar refractivity (Wildman–Crippen MR) is 58.5 cm³/mol. The number of carboxylic acid groups (broad SMARTS) is 1. The van der Waals surface area contributed by atoms with Crippen LogP contribution < -0.4 is 0 Å². The minimum absolute atomic E-state index is 0.0116. The third-order valence-electron chi connectivity index (χ3n) is 2.43. The first-order chi connectivity index (χ1) is 8.63. The molecule has 0 amide bonds. The summed E-state index contributed by atoms with van der Waals surface area (Å²) in [6.45, 7) is 1.08. The molecular weight excluding hydrogens is 269 g/mol. The maximum absolute atomic E-state index is 11.8. The van der Waals surface area contributed by atoms with Gasteiger partial charge in [-0.3, -0.25) is 9.59 Å². The first-order valence-electron chi connectivity index (χ1n) is 5.68. The Morgan fingerprint density at radius 2 is 1.84 bits per heavy atom. The first kappa shape index (κ1) is 17.7. The number of carbonyl (C=O) groups is 2. The molecule has 19 heavy (non-hydrogen) atoms. The van der Waals surface area contributed by atoms with E-state index in [0.717, 1.165) is 0 Å². The van der Waals surface area contributed by atoms with Gasteiger partial charge in [0.15, 0.2) is 5.41 Å². The van der Waals surface area contributed by atoms with Crippen molar-refractivity contribution in [1.29, 1.82) is 0 Å². The molecule has 0 aromatic rings. The lowest BCUT2D eigenvalue weighted by molar-refractivity contribution is -0.176. The molecule has 0 saturated carbocycles. The molecule has 0 bridgehead atoms. The van der Waals surface area contributed by atoms with Gasteiger partial charge in [-0.2, -0.15) is 13.2 Å². The van der Waals surface area contributed by atoms with Crippen molar-refractivity contribution in [3.05, 3.63) is 0 Å². The lowest BCUT2D eigenvalue weighted by Crippen LogP contribution is -2.38. The van der Waals surface area contributed by atoms with E-state index in [1.807, 2.05) is 0 Å². The van der Waals surface area contributed by atoms with E-state index in [1.165, 1.54) is 13.8 Å². The van der Waals surface area contributed by atoms with Gasteiger partial charge >= 0.3 is 18.1 Å². The smallest absolute Gasteiger partial charge is 0.411 e. The molecule has 0 aromatic heterocycles. The van der Waals surface area contributed by atoms with Crippen LogP contribution in [0.1, 0.15) is 26.7 Å². The monoisotopic (exact) mass is 286 g/mol. The van der Waals surface area contributed by atoms with Gasteiger partial charge in [-0.05, 0) is 26.7 Å². The third-order valence-corrected chi connectivity index (χ3v) is 2.43. The number of aliphatic carboxylic acids is 1. The number of rotatable bonds is 8. The molecule has 1 atom stereocenters. The lowest BCUT2D eigenvalue weighted by Gasteiger charge is -2.22. The standard InChI is InChI=1S/C11H17F3O5/c1-3-19-9(17)10(2,8(15)16)5-4-6-18-7-11(12,13)14/h3-7H2,1-2H3,(H,15,16). The molecule has 0 fully saturated rings. The van der Waals surface area contributed by atoms with Gasteiger partial charge in [-0.15, -0.1) is 0 Å². The summed E-state index contributed by atoms with van der Waals surface area (Å²) in [5.41, 5.74) is -1.77. The average molecular weight is 286 g/mol. The summed E-state index contributed by atoms with van der Waals surface area (Å²) >= 11 is 0. The fourth-order valence-corrected chi connectivity index (χ4v) is 1.30. The van der Waals surface area contributed by atoms with Crippen LogP contribution in [0.2, 0.25) is 0 Å². The Labute approximate surface area is 108 Å². The minimum atomic E-state index is -4.42. The zero-order valence-electron chi connectivity index (χ0n) is 10.7. The maximum Gasteiger partial charge on any atom is 0.411 e. The Balaban J connectivity index is 4.23. The third kappa shape index (κ3) is 6.42. The number of hydrogen-bond donors (Lipinski definition) is 1. The van der Waals surface area contributed by atoms with Gasteiger partial charge < -0.3 is 14.6 Å². The van der Waals surface area contributed by atoms with E-state index in [0.29, 0.717) is 0 Å². The van der Waals surface area contributed by atoms with Crippen molar-refractivity contribution in [3.8, 4) is 0 Å². The van der Waals surface area contributed by atoms with E-state index >= 15 is 0 Å². The van der Waals surface area contributed by atoms with Gasteiger partial charge in [-0.1, -0.05) is 0 Å². The molecule has 0 aliphatic rings. The molecule has 1 N–H and O–H groups in total. The fraction of sp³-hybridized carbons (Fsp3) is 0.818. The van der Waals surface area contributed by atoms with E-state index in [1.54, 1.807) is 0 Å². The van der Waals surface area contributed by atoms with Gasteiger partial charge in [0.1, 0.15) is 6.61 Å². The van der Waals surface area contributed by atoms with Crippen molar-refractivity contribution < 1.29 is 37.3 Å². The van der Waals surface area contributed by atoms with Crippen molar-refractivity contribution in [2.75, 3.05) is 19.8 Å².